The number of pyridine rings is 1. The zero-order chi connectivity index (χ0) is 41.5. The van der Waals surface area contributed by atoms with E-state index in [-0.39, 0.29) is 35.7 Å². The lowest BCUT2D eigenvalue weighted by molar-refractivity contribution is -0.161. The van der Waals surface area contributed by atoms with Crippen LogP contribution in [0.2, 0.25) is 0 Å². The molecule has 3 aliphatic rings. The van der Waals surface area contributed by atoms with E-state index in [0.29, 0.717) is 46.7 Å². The molecule has 2 fully saturated rings. The van der Waals surface area contributed by atoms with E-state index in [4.69, 9.17) is 9.72 Å². The van der Waals surface area contributed by atoms with Gasteiger partial charge in [0.25, 0.3) is 17.7 Å². The highest BCUT2D eigenvalue weighted by atomic mass is 16.6. The highest BCUT2D eigenvalue weighted by Gasteiger charge is 2.29. The molecule has 2 aliphatic heterocycles. The number of ether oxygens (including phenoxy) is 1. The van der Waals surface area contributed by atoms with Gasteiger partial charge in [0.05, 0.1) is 23.3 Å². The van der Waals surface area contributed by atoms with Gasteiger partial charge in [0.1, 0.15) is 5.60 Å². The number of anilines is 2. The quantitative estimate of drug-likeness (QED) is 0.147. The Morgan fingerprint density at radius 3 is 2.32 bits per heavy atom. The van der Waals surface area contributed by atoms with Crippen molar-refractivity contribution in [2.24, 2.45) is 5.92 Å². The number of likely N-dealkylation sites (tertiary alicyclic amines) is 1. The maximum Gasteiger partial charge on any atom is 0.309 e. The van der Waals surface area contributed by atoms with Crippen LogP contribution in [0, 0.1) is 5.92 Å². The predicted molar refractivity (Wildman–Crippen MR) is 232 cm³/mol. The molecule has 7 rings (SSSR count). The zero-order valence-corrected chi connectivity index (χ0v) is 35.0. The number of nitrogens with zero attached hydrogens (tertiary/aromatic N) is 4. The van der Waals surface area contributed by atoms with Gasteiger partial charge in [-0.3, -0.25) is 24.2 Å². The number of benzene rings is 3. The first-order valence-corrected chi connectivity index (χ1v) is 21.3. The largest absolute Gasteiger partial charge is 0.460 e. The molecule has 3 heterocycles. The number of likely N-dealkylation sites (N-methyl/N-ethyl adjacent to an activating group) is 1. The van der Waals surface area contributed by atoms with Crippen molar-refractivity contribution in [3.05, 3.63) is 113 Å². The van der Waals surface area contributed by atoms with Crippen molar-refractivity contribution in [1.82, 2.24) is 20.1 Å². The summed E-state index contributed by atoms with van der Waals surface area (Å²) in [5, 5.41) is 6.37. The van der Waals surface area contributed by atoms with Crippen LogP contribution in [0.15, 0.2) is 85.1 Å². The first-order chi connectivity index (χ1) is 28.4. The Bertz CT molecular complexity index is 2150. The van der Waals surface area contributed by atoms with Gasteiger partial charge in [0.15, 0.2) is 0 Å². The molecular formula is C48H58N6O5. The summed E-state index contributed by atoms with van der Waals surface area (Å²) in [6.07, 6.45) is 9.47. The van der Waals surface area contributed by atoms with Gasteiger partial charge in [-0.05, 0) is 145 Å². The number of rotatable bonds is 11. The molecule has 0 bridgehead atoms. The maximum atomic E-state index is 13.9. The second-order valence-electron chi connectivity index (χ2n) is 17.2. The van der Waals surface area contributed by atoms with Crippen molar-refractivity contribution >= 4 is 35.1 Å². The molecule has 2 N–H and O–H groups in total. The van der Waals surface area contributed by atoms with Crippen LogP contribution in [0.25, 0.3) is 11.3 Å². The fraction of sp³-hybridized carbons (Fsp3) is 0.438. The van der Waals surface area contributed by atoms with Crippen LogP contribution in [0.3, 0.4) is 0 Å². The van der Waals surface area contributed by atoms with Crippen molar-refractivity contribution < 1.29 is 23.9 Å². The molecular weight excluding hydrogens is 741 g/mol. The van der Waals surface area contributed by atoms with E-state index in [0.717, 1.165) is 76.8 Å². The number of amides is 3. The molecule has 0 unspecified atom stereocenters. The number of nitrogens with one attached hydrogen (secondary N) is 2. The summed E-state index contributed by atoms with van der Waals surface area (Å²) in [7, 11) is 1.77. The number of carbonyl (C=O) groups excluding carboxylic acids is 4. The molecule has 1 aliphatic carbocycles. The Hall–Kier alpha value is -5.55. The lowest BCUT2D eigenvalue weighted by atomic mass is 9.87. The van der Waals surface area contributed by atoms with E-state index in [1.165, 1.54) is 17.5 Å². The summed E-state index contributed by atoms with van der Waals surface area (Å²) < 4.78 is 5.59. The highest BCUT2D eigenvalue weighted by molar-refractivity contribution is 6.08. The topological polar surface area (TPSA) is 124 Å². The summed E-state index contributed by atoms with van der Waals surface area (Å²) >= 11 is 0. The van der Waals surface area contributed by atoms with E-state index in [2.05, 4.69) is 38.6 Å². The summed E-state index contributed by atoms with van der Waals surface area (Å²) in [6, 6.07) is 24.6. The Labute approximate surface area is 348 Å². The second kappa shape index (κ2) is 18.6. The van der Waals surface area contributed by atoms with Crippen molar-refractivity contribution in [2.45, 2.75) is 83.8 Å². The number of fused-ring (bicyclic) bond motifs is 1. The second-order valence-corrected chi connectivity index (χ2v) is 17.2. The van der Waals surface area contributed by atoms with Crippen LogP contribution in [0.5, 0.6) is 0 Å². The summed E-state index contributed by atoms with van der Waals surface area (Å²) in [6.45, 7) is 10.3. The molecule has 2 saturated heterocycles. The number of aromatic nitrogens is 1. The number of piperidine rings is 2. The fourth-order valence-corrected chi connectivity index (χ4v) is 8.45. The predicted octanol–water partition coefficient (Wildman–Crippen LogP) is 7.92. The van der Waals surface area contributed by atoms with Gasteiger partial charge in [-0.25, -0.2) is 0 Å². The van der Waals surface area contributed by atoms with E-state index >= 15 is 0 Å². The summed E-state index contributed by atoms with van der Waals surface area (Å²) in [4.78, 5) is 64.8. The standard InChI is InChI=1S/C48H58N6O5/c1-48(2,3)59-47(58)34-21-26-53(27-22-34)29-28-52(4)46(57)37-15-10-14-35(30-37)44(55)51-42-19-18-38(54-24-8-5-9-25-54)32-40(42)43-31-36(20-23-49-43)45(56)50-41-17-11-13-33-12-6-7-16-39(33)41/h6-7,10,12,14-16,18-20,23,30-32,34,41H,5,8-9,11,13,17,21-22,24-29H2,1-4H3,(H,50,56)(H,51,55)/t41-/m0/s1. The summed E-state index contributed by atoms with van der Waals surface area (Å²) in [5.74, 6) is -0.924. The van der Waals surface area contributed by atoms with E-state index in [9.17, 15) is 19.2 Å². The van der Waals surface area contributed by atoms with Gasteiger partial charge in [0, 0.05) is 67.4 Å². The third-order valence-electron chi connectivity index (χ3n) is 11.7. The normalized spacial score (nSPS) is 17.4. The molecule has 1 aromatic heterocycles. The van der Waals surface area contributed by atoms with E-state index < -0.39 is 5.60 Å². The van der Waals surface area contributed by atoms with E-state index in [1.54, 1.807) is 54.5 Å². The van der Waals surface area contributed by atoms with Gasteiger partial charge >= 0.3 is 5.97 Å². The SMILES string of the molecule is CN(CCN1CCC(C(=O)OC(C)(C)C)CC1)C(=O)c1cccc(C(=O)Nc2ccc(N3CCCCC3)cc2-c2cc(C(=O)N[C@H]3CCCc4ccccc43)ccn2)c1. The smallest absolute Gasteiger partial charge is 0.309 e. The minimum atomic E-state index is -0.496. The van der Waals surface area contributed by atoms with Crippen molar-refractivity contribution in [2.75, 3.05) is 56.5 Å². The molecule has 1 atom stereocenters. The molecule has 11 heteroatoms. The summed E-state index contributed by atoms with van der Waals surface area (Å²) in [5.41, 5.74) is 6.12. The fourth-order valence-electron chi connectivity index (χ4n) is 8.45. The molecule has 4 aromatic rings. The van der Waals surface area contributed by atoms with Crippen molar-refractivity contribution in [3.63, 3.8) is 0 Å². The van der Waals surface area contributed by atoms with Crippen LogP contribution in [0.1, 0.15) is 114 Å². The van der Waals surface area contributed by atoms with Crippen molar-refractivity contribution in [3.8, 4) is 11.3 Å². The van der Waals surface area contributed by atoms with Crippen LogP contribution < -0.4 is 15.5 Å². The van der Waals surface area contributed by atoms with Crippen molar-refractivity contribution in [1.29, 1.82) is 0 Å². The Morgan fingerprint density at radius 2 is 1.54 bits per heavy atom. The molecule has 0 spiro atoms. The van der Waals surface area contributed by atoms with Gasteiger partial charge in [-0.2, -0.15) is 0 Å². The van der Waals surface area contributed by atoms with Gasteiger partial charge in [0.2, 0.25) is 0 Å². The lowest BCUT2D eigenvalue weighted by Crippen LogP contribution is -2.42. The third kappa shape index (κ3) is 10.6. The van der Waals surface area contributed by atoms with Gasteiger partial charge in [-0.15, -0.1) is 0 Å². The first kappa shape index (κ1) is 41.6. The number of carbonyl (C=O) groups is 4. The van der Waals surface area contributed by atoms with Crippen LogP contribution in [-0.2, 0) is 16.0 Å². The van der Waals surface area contributed by atoms with Gasteiger partial charge in [-0.1, -0.05) is 30.3 Å². The Kier molecular flexibility index (Phi) is 13.1. The Morgan fingerprint density at radius 1 is 0.797 bits per heavy atom. The van der Waals surface area contributed by atoms with Crippen LogP contribution in [0.4, 0.5) is 11.4 Å². The number of esters is 1. The molecule has 11 nitrogen and oxygen atoms in total. The molecule has 59 heavy (non-hydrogen) atoms. The number of hydrogen-bond donors (Lipinski definition) is 2. The molecule has 0 radical (unpaired) electrons. The minimum absolute atomic E-state index is 0.0567. The monoisotopic (exact) mass is 798 g/mol. The highest BCUT2D eigenvalue weighted by Crippen LogP contribution is 2.34. The maximum absolute atomic E-state index is 13.9. The average molecular weight is 799 g/mol. The van der Waals surface area contributed by atoms with Gasteiger partial charge < -0.3 is 30.1 Å². The molecule has 0 saturated carbocycles. The molecule has 3 aromatic carbocycles. The van der Waals surface area contributed by atoms with Crippen LogP contribution >= 0.6 is 0 Å². The lowest BCUT2D eigenvalue weighted by Gasteiger charge is -2.33. The van der Waals surface area contributed by atoms with Crippen LogP contribution in [-0.4, -0.2) is 90.4 Å². The average Bonchev–Trinajstić information content (AvgIpc) is 3.25. The number of hydrogen-bond acceptors (Lipinski definition) is 8. The zero-order valence-electron chi connectivity index (χ0n) is 35.0. The first-order valence-electron chi connectivity index (χ1n) is 21.3. The van der Waals surface area contributed by atoms with E-state index in [1.807, 2.05) is 45.0 Å². The Balaban J connectivity index is 1.03. The number of aryl methyl sites for hydroxylation is 1. The third-order valence-corrected chi connectivity index (χ3v) is 11.7. The minimum Gasteiger partial charge on any atom is -0.460 e. The molecule has 3 amide bonds. The molecule has 310 valence electrons.